The molecule has 0 saturated carbocycles. The van der Waals surface area contributed by atoms with Gasteiger partial charge in [0.1, 0.15) is 12.4 Å². The van der Waals surface area contributed by atoms with E-state index in [1.165, 1.54) is 16.3 Å². The summed E-state index contributed by atoms with van der Waals surface area (Å²) in [6.45, 7) is 3.21. The molecule has 0 aromatic heterocycles. The number of halogens is 1. The summed E-state index contributed by atoms with van der Waals surface area (Å²) >= 11 is 6.23. The molecule has 1 N–H and O–H groups in total. The second kappa shape index (κ2) is 8.37. The van der Waals surface area contributed by atoms with E-state index in [0.717, 1.165) is 27.6 Å². The molecule has 4 aromatic rings. The van der Waals surface area contributed by atoms with Crippen molar-refractivity contribution in [2.24, 2.45) is 0 Å². The molecule has 3 heteroatoms. The SMILES string of the molecule is Cc1ccc(NCc2ccccc2OCc2cccc3ccccc23)cc1Cl. The minimum Gasteiger partial charge on any atom is -0.489 e. The third-order valence-electron chi connectivity index (χ3n) is 4.89. The van der Waals surface area contributed by atoms with Gasteiger partial charge in [0.15, 0.2) is 0 Å². The van der Waals surface area contributed by atoms with Crippen LogP contribution < -0.4 is 10.1 Å². The zero-order valence-corrected chi connectivity index (χ0v) is 16.5. The lowest BCUT2D eigenvalue weighted by molar-refractivity contribution is 0.304. The van der Waals surface area contributed by atoms with Crippen LogP contribution in [0.4, 0.5) is 5.69 Å². The molecule has 0 bridgehead atoms. The molecule has 0 amide bonds. The normalized spacial score (nSPS) is 10.8. The Balaban J connectivity index is 1.49. The van der Waals surface area contributed by atoms with E-state index in [9.17, 15) is 0 Å². The fraction of sp³-hybridized carbons (Fsp3) is 0.120. The predicted octanol–water partition coefficient (Wildman–Crippen LogP) is 6.99. The molecule has 0 aliphatic heterocycles. The first kappa shape index (κ1) is 18.4. The van der Waals surface area contributed by atoms with Gasteiger partial charge in [0.25, 0.3) is 0 Å². The number of fused-ring (bicyclic) bond motifs is 1. The van der Waals surface area contributed by atoms with Crippen molar-refractivity contribution in [2.45, 2.75) is 20.1 Å². The Labute approximate surface area is 170 Å². The summed E-state index contributed by atoms with van der Waals surface area (Å²) in [6.07, 6.45) is 0. The smallest absolute Gasteiger partial charge is 0.124 e. The molecule has 0 aliphatic rings. The van der Waals surface area contributed by atoms with E-state index in [2.05, 4.69) is 53.8 Å². The Hall–Kier alpha value is -2.97. The van der Waals surface area contributed by atoms with E-state index in [-0.39, 0.29) is 0 Å². The maximum Gasteiger partial charge on any atom is 0.124 e. The van der Waals surface area contributed by atoms with Gasteiger partial charge < -0.3 is 10.1 Å². The van der Waals surface area contributed by atoms with Crippen LogP contribution in [0.25, 0.3) is 10.8 Å². The Kier molecular flexibility index (Phi) is 5.50. The first-order valence-electron chi connectivity index (χ1n) is 9.38. The van der Waals surface area contributed by atoms with Crippen LogP contribution in [0.1, 0.15) is 16.7 Å². The van der Waals surface area contributed by atoms with E-state index in [0.29, 0.717) is 13.2 Å². The van der Waals surface area contributed by atoms with Crippen LogP contribution in [0, 0.1) is 6.92 Å². The highest BCUT2D eigenvalue weighted by Gasteiger charge is 2.06. The van der Waals surface area contributed by atoms with Gasteiger partial charge in [0, 0.05) is 22.8 Å². The van der Waals surface area contributed by atoms with Gasteiger partial charge in [-0.05, 0) is 47.0 Å². The maximum atomic E-state index is 6.23. The van der Waals surface area contributed by atoms with Gasteiger partial charge in [0.2, 0.25) is 0 Å². The molecule has 0 heterocycles. The minimum atomic E-state index is 0.536. The molecular formula is C25H22ClNO. The predicted molar refractivity (Wildman–Crippen MR) is 118 cm³/mol. The first-order valence-corrected chi connectivity index (χ1v) is 9.76. The third-order valence-corrected chi connectivity index (χ3v) is 5.30. The van der Waals surface area contributed by atoms with Crippen LogP contribution in [0.5, 0.6) is 5.75 Å². The maximum absolute atomic E-state index is 6.23. The highest BCUT2D eigenvalue weighted by Crippen LogP contribution is 2.25. The highest BCUT2D eigenvalue weighted by atomic mass is 35.5. The number of ether oxygens (including phenoxy) is 1. The fourth-order valence-electron chi connectivity index (χ4n) is 3.26. The summed E-state index contributed by atoms with van der Waals surface area (Å²) in [6, 6.07) is 28.9. The number of benzene rings is 4. The van der Waals surface area contributed by atoms with Crippen LogP contribution in [0.3, 0.4) is 0 Å². The molecule has 4 rings (SSSR count). The molecule has 28 heavy (non-hydrogen) atoms. The van der Waals surface area contributed by atoms with Crippen molar-refractivity contribution in [1.82, 2.24) is 0 Å². The number of nitrogens with one attached hydrogen (secondary N) is 1. The minimum absolute atomic E-state index is 0.536. The zero-order chi connectivity index (χ0) is 19.3. The summed E-state index contributed by atoms with van der Waals surface area (Å²) in [5.41, 5.74) is 4.37. The van der Waals surface area contributed by atoms with Crippen LogP contribution in [0.15, 0.2) is 84.9 Å². The van der Waals surface area contributed by atoms with Gasteiger partial charge in [-0.1, -0.05) is 78.3 Å². The monoisotopic (exact) mass is 387 g/mol. The Morgan fingerprint density at radius 3 is 2.46 bits per heavy atom. The molecule has 0 atom stereocenters. The van der Waals surface area contributed by atoms with Gasteiger partial charge in [0.05, 0.1) is 0 Å². The molecule has 0 spiro atoms. The van der Waals surface area contributed by atoms with E-state index in [1.54, 1.807) is 0 Å². The molecule has 4 aromatic carbocycles. The lowest BCUT2D eigenvalue weighted by atomic mass is 10.1. The molecule has 0 aliphatic carbocycles. The van der Waals surface area contributed by atoms with Gasteiger partial charge in [-0.3, -0.25) is 0 Å². The Morgan fingerprint density at radius 2 is 1.57 bits per heavy atom. The van der Waals surface area contributed by atoms with Crippen LogP contribution in [-0.4, -0.2) is 0 Å². The van der Waals surface area contributed by atoms with Crippen molar-refractivity contribution in [2.75, 3.05) is 5.32 Å². The number of rotatable bonds is 6. The molecule has 0 unspecified atom stereocenters. The second-order valence-corrected chi connectivity index (χ2v) is 7.26. The van der Waals surface area contributed by atoms with Crippen molar-refractivity contribution in [3.05, 3.63) is 107 Å². The summed E-state index contributed by atoms with van der Waals surface area (Å²) in [5.74, 6) is 0.890. The average Bonchev–Trinajstić information content (AvgIpc) is 2.73. The lowest BCUT2D eigenvalue weighted by Gasteiger charge is -2.14. The molecule has 2 nitrogen and oxygen atoms in total. The first-order chi connectivity index (χ1) is 13.7. The number of anilines is 1. The highest BCUT2D eigenvalue weighted by molar-refractivity contribution is 6.31. The van der Waals surface area contributed by atoms with Crippen molar-refractivity contribution >= 4 is 28.1 Å². The Morgan fingerprint density at radius 1 is 0.821 bits per heavy atom. The topological polar surface area (TPSA) is 21.3 Å². The molecule has 140 valence electrons. The van der Waals surface area contributed by atoms with Crippen molar-refractivity contribution in [3.8, 4) is 5.75 Å². The van der Waals surface area contributed by atoms with Gasteiger partial charge in [-0.2, -0.15) is 0 Å². The zero-order valence-electron chi connectivity index (χ0n) is 15.8. The largest absolute Gasteiger partial charge is 0.489 e. The summed E-state index contributed by atoms with van der Waals surface area (Å²) in [4.78, 5) is 0. The van der Waals surface area contributed by atoms with Crippen molar-refractivity contribution in [3.63, 3.8) is 0 Å². The van der Waals surface area contributed by atoms with E-state index in [1.807, 2.05) is 43.3 Å². The quantitative estimate of drug-likeness (QED) is 0.384. The number of aryl methyl sites for hydroxylation is 1. The second-order valence-electron chi connectivity index (χ2n) is 6.85. The van der Waals surface area contributed by atoms with Gasteiger partial charge in [-0.25, -0.2) is 0 Å². The van der Waals surface area contributed by atoms with Crippen molar-refractivity contribution in [1.29, 1.82) is 0 Å². The molecular weight excluding hydrogens is 366 g/mol. The summed E-state index contributed by atoms with van der Waals surface area (Å²) < 4.78 is 6.20. The standard InChI is InChI=1S/C25H22ClNO/c1-18-13-14-22(15-24(18)26)27-16-20-8-3-5-12-25(20)28-17-21-10-6-9-19-7-2-4-11-23(19)21/h2-15,27H,16-17H2,1H3. The summed E-state index contributed by atoms with van der Waals surface area (Å²) in [7, 11) is 0. The van der Waals surface area contributed by atoms with Crippen LogP contribution in [0.2, 0.25) is 5.02 Å². The average molecular weight is 388 g/mol. The van der Waals surface area contributed by atoms with Gasteiger partial charge in [-0.15, -0.1) is 0 Å². The van der Waals surface area contributed by atoms with Crippen molar-refractivity contribution < 1.29 is 4.74 Å². The molecule has 0 saturated heterocycles. The third kappa shape index (κ3) is 4.13. The summed E-state index contributed by atoms with van der Waals surface area (Å²) in [5, 5.41) is 6.66. The number of para-hydroxylation sites is 1. The lowest BCUT2D eigenvalue weighted by Crippen LogP contribution is -2.04. The van der Waals surface area contributed by atoms with Gasteiger partial charge >= 0.3 is 0 Å². The fourth-order valence-corrected chi connectivity index (χ4v) is 3.45. The van der Waals surface area contributed by atoms with Crippen LogP contribution >= 0.6 is 11.6 Å². The molecule has 0 fully saturated rings. The number of hydrogen-bond acceptors (Lipinski definition) is 2. The Bertz CT molecular complexity index is 1100. The van der Waals surface area contributed by atoms with E-state index < -0.39 is 0 Å². The van der Waals surface area contributed by atoms with E-state index >= 15 is 0 Å². The van der Waals surface area contributed by atoms with Crippen LogP contribution in [-0.2, 0) is 13.2 Å². The number of hydrogen-bond donors (Lipinski definition) is 1. The molecule has 0 radical (unpaired) electrons. The van der Waals surface area contributed by atoms with E-state index in [4.69, 9.17) is 16.3 Å².